The topological polar surface area (TPSA) is 74.2 Å². The van der Waals surface area contributed by atoms with Gasteiger partial charge in [-0.3, -0.25) is 9.89 Å². The molecule has 0 unspecified atom stereocenters. The third-order valence-corrected chi connectivity index (χ3v) is 4.48. The lowest BCUT2D eigenvalue weighted by molar-refractivity contribution is 0.0776. The first-order valence-corrected chi connectivity index (χ1v) is 7.33. The van der Waals surface area contributed by atoms with Crippen LogP contribution in [0.25, 0.3) is 11.5 Å². The zero-order chi connectivity index (χ0) is 14.4. The standard InChI is InChI=1S/C15H18N4O2/c1-9-2-3-14(21-9)12-4-13(18-17-12)15(20)19-7-10-5-16-6-11(10)8-19/h2-4,10-11,16H,5-8H2,1H3,(H,17,18)/t10-,11+. The second-order valence-corrected chi connectivity index (χ2v) is 5.97. The SMILES string of the molecule is Cc1ccc(-c2cc(C(=O)N3C[C@H]4CNC[C@H]4C3)n[nH]2)o1. The normalized spacial score (nSPS) is 24.5. The Morgan fingerprint density at radius 1 is 1.33 bits per heavy atom. The Kier molecular flexibility index (Phi) is 2.85. The predicted octanol–water partition coefficient (Wildman–Crippen LogP) is 1.27. The van der Waals surface area contributed by atoms with Crippen LogP contribution in [0.5, 0.6) is 0 Å². The minimum absolute atomic E-state index is 0.00942. The highest BCUT2D eigenvalue weighted by Crippen LogP contribution is 2.28. The lowest BCUT2D eigenvalue weighted by atomic mass is 10.0. The van der Waals surface area contributed by atoms with Gasteiger partial charge in [-0.2, -0.15) is 5.10 Å². The van der Waals surface area contributed by atoms with Gasteiger partial charge in [-0.05, 0) is 30.9 Å². The Bertz CT molecular complexity index is 663. The molecule has 2 aliphatic rings. The van der Waals surface area contributed by atoms with Crippen LogP contribution < -0.4 is 5.32 Å². The van der Waals surface area contributed by atoms with Crippen molar-refractivity contribution in [1.82, 2.24) is 20.4 Å². The third kappa shape index (κ3) is 2.15. The van der Waals surface area contributed by atoms with Gasteiger partial charge < -0.3 is 14.6 Å². The maximum Gasteiger partial charge on any atom is 0.274 e. The summed E-state index contributed by atoms with van der Waals surface area (Å²) in [7, 11) is 0. The van der Waals surface area contributed by atoms with Crippen molar-refractivity contribution in [3.63, 3.8) is 0 Å². The van der Waals surface area contributed by atoms with E-state index in [9.17, 15) is 4.79 Å². The number of nitrogens with one attached hydrogen (secondary N) is 2. The van der Waals surface area contributed by atoms with Gasteiger partial charge in [-0.15, -0.1) is 0 Å². The van der Waals surface area contributed by atoms with Crippen LogP contribution in [0.15, 0.2) is 22.6 Å². The molecule has 0 spiro atoms. The third-order valence-electron chi connectivity index (χ3n) is 4.48. The first-order valence-electron chi connectivity index (χ1n) is 7.33. The van der Waals surface area contributed by atoms with E-state index in [-0.39, 0.29) is 5.91 Å². The van der Waals surface area contributed by atoms with E-state index < -0.39 is 0 Å². The number of hydrogen-bond acceptors (Lipinski definition) is 4. The molecule has 4 rings (SSSR count). The lowest BCUT2D eigenvalue weighted by Crippen LogP contribution is -2.32. The molecule has 2 aliphatic heterocycles. The van der Waals surface area contributed by atoms with Crippen LogP contribution in [-0.2, 0) is 0 Å². The average molecular weight is 286 g/mol. The number of rotatable bonds is 2. The van der Waals surface area contributed by atoms with Crippen LogP contribution in [-0.4, -0.2) is 47.2 Å². The summed E-state index contributed by atoms with van der Waals surface area (Å²) in [5.41, 5.74) is 1.21. The Morgan fingerprint density at radius 2 is 2.10 bits per heavy atom. The first kappa shape index (κ1) is 12.6. The summed E-state index contributed by atoms with van der Waals surface area (Å²) in [4.78, 5) is 14.4. The number of hydrogen-bond donors (Lipinski definition) is 2. The zero-order valence-corrected chi connectivity index (χ0v) is 11.9. The average Bonchev–Trinajstić information content (AvgIpc) is 3.20. The van der Waals surface area contributed by atoms with Crippen molar-refractivity contribution in [2.45, 2.75) is 6.92 Å². The minimum Gasteiger partial charge on any atom is -0.460 e. The number of aromatic nitrogens is 2. The molecule has 2 saturated heterocycles. The Morgan fingerprint density at radius 3 is 2.76 bits per heavy atom. The van der Waals surface area contributed by atoms with E-state index in [0.717, 1.165) is 37.6 Å². The largest absolute Gasteiger partial charge is 0.460 e. The number of likely N-dealkylation sites (tertiary alicyclic amines) is 1. The van der Waals surface area contributed by atoms with Crippen molar-refractivity contribution in [2.24, 2.45) is 11.8 Å². The van der Waals surface area contributed by atoms with Gasteiger partial charge in [0.25, 0.3) is 5.91 Å². The maximum absolute atomic E-state index is 12.5. The number of aryl methyl sites for hydroxylation is 1. The van der Waals surface area contributed by atoms with Gasteiger partial charge in [0.05, 0.1) is 0 Å². The van der Waals surface area contributed by atoms with E-state index in [1.54, 1.807) is 6.07 Å². The fourth-order valence-corrected chi connectivity index (χ4v) is 3.32. The molecule has 2 N–H and O–H groups in total. The summed E-state index contributed by atoms with van der Waals surface area (Å²) in [6, 6.07) is 5.54. The predicted molar refractivity (Wildman–Crippen MR) is 76.8 cm³/mol. The van der Waals surface area contributed by atoms with E-state index >= 15 is 0 Å². The van der Waals surface area contributed by atoms with Gasteiger partial charge in [-0.1, -0.05) is 0 Å². The van der Waals surface area contributed by atoms with Crippen LogP contribution in [0.3, 0.4) is 0 Å². The summed E-state index contributed by atoms with van der Waals surface area (Å²) in [5.74, 6) is 2.75. The van der Waals surface area contributed by atoms with Crippen molar-refractivity contribution in [3.8, 4) is 11.5 Å². The summed E-state index contributed by atoms with van der Waals surface area (Å²) in [6.45, 7) is 5.60. The van der Waals surface area contributed by atoms with Gasteiger partial charge in [-0.25, -0.2) is 0 Å². The molecular weight excluding hydrogens is 268 g/mol. The maximum atomic E-state index is 12.5. The molecule has 6 heteroatoms. The van der Waals surface area contributed by atoms with E-state index in [1.165, 1.54) is 0 Å². The molecule has 21 heavy (non-hydrogen) atoms. The van der Waals surface area contributed by atoms with Crippen molar-refractivity contribution in [2.75, 3.05) is 26.2 Å². The number of fused-ring (bicyclic) bond motifs is 1. The molecule has 2 fully saturated rings. The summed E-state index contributed by atoms with van der Waals surface area (Å²) < 4.78 is 5.54. The van der Waals surface area contributed by atoms with Crippen molar-refractivity contribution in [3.05, 3.63) is 29.7 Å². The Hall–Kier alpha value is -2.08. The first-order chi connectivity index (χ1) is 10.2. The molecule has 2 atom stereocenters. The molecule has 0 aliphatic carbocycles. The molecule has 2 aromatic heterocycles. The number of furan rings is 1. The number of nitrogens with zero attached hydrogens (tertiary/aromatic N) is 2. The summed E-state index contributed by atoms with van der Waals surface area (Å²) >= 11 is 0. The molecule has 0 saturated carbocycles. The highest BCUT2D eigenvalue weighted by atomic mass is 16.3. The zero-order valence-electron chi connectivity index (χ0n) is 11.9. The number of H-pyrrole nitrogens is 1. The van der Waals surface area contributed by atoms with Crippen molar-refractivity contribution >= 4 is 5.91 Å². The monoisotopic (exact) mass is 286 g/mol. The van der Waals surface area contributed by atoms with Gasteiger partial charge in [0.1, 0.15) is 11.5 Å². The van der Waals surface area contributed by atoms with Crippen molar-refractivity contribution in [1.29, 1.82) is 0 Å². The van der Waals surface area contributed by atoms with Crippen LogP contribution in [0.2, 0.25) is 0 Å². The van der Waals surface area contributed by atoms with Gasteiger partial charge in [0.2, 0.25) is 0 Å². The highest BCUT2D eigenvalue weighted by molar-refractivity contribution is 5.93. The smallest absolute Gasteiger partial charge is 0.274 e. The molecule has 110 valence electrons. The molecule has 0 bridgehead atoms. The van der Waals surface area contributed by atoms with Gasteiger partial charge in [0, 0.05) is 32.2 Å². The molecule has 0 aromatic carbocycles. The molecular formula is C15H18N4O2. The lowest BCUT2D eigenvalue weighted by Gasteiger charge is -2.15. The molecule has 2 aromatic rings. The molecule has 1 amide bonds. The highest BCUT2D eigenvalue weighted by Gasteiger charge is 2.38. The number of aromatic amines is 1. The van der Waals surface area contributed by atoms with E-state index in [4.69, 9.17) is 4.42 Å². The summed E-state index contributed by atoms with van der Waals surface area (Å²) in [5, 5.41) is 10.4. The van der Waals surface area contributed by atoms with E-state index in [1.807, 2.05) is 24.0 Å². The minimum atomic E-state index is 0.00942. The van der Waals surface area contributed by atoms with Crippen LogP contribution in [0, 0.1) is 18.8 Å². The summed E-state index contributed by atoms with van der Waals surface area (Å²) in [6.07, 6.45) is 0. The fraction of sp³-hybridized carbons (Fsp3) is 0.467. The van der Waals surface area contributed by atoms with E-state index in [2.05, 4.69) is 15.5 Å². The molecule has 6 nitrogen and oxygen atoms in total. The Labute approximate surface area is 122 Å². The van der Waals surface area contributed by atoms with Gasteiger partial charge >= 0.3 is 0 Å². The van der Waals surface area contributed by atoms with E-state index in [0.29, 0.717) is 23.3 Å². The van der Waals surface area contributed by atoms with Crippen molar-refractivity contribution < 1.29 is 9.21 Å². The number of carbonyl (C=O) groups excluding carboxylic acids is 1. The quantitative estimate of drug-likeness (QED) is 0.872. The van der Waals surface area contributed by atoms with Gasteiger partial charge in [0.15, 0.2) is 11.5 Å². The number of carbonyl (C=O) groups is 1. The molecule has 0 radical (unpaired) electrons. The van der Waals surface area contributed by atoms with Crippen LogP contribution in [0.4, 0.5) is 0 Å². The Balaban J connectivity index is 1.52. The second kappa shape index (κ2) is 4.73. The second-order valence-electron chi connectivity index (χ2n) is 5.97. The number of amides is 1. The fourth-order valence-electron chi connectivity index (χ4n) is 3.32. The van der Waals surface area contributed by atoms with Crippen LogP contribution in [0.1, 0.15) is 16.2 Å². The van der Waals surface area contributed by atoms with Crippen LogP contribution >= 0.6 is 0 Å². The molecule has 4 heterocycles.